The van der Waals surface area contributed by atoms with Crippen molar-refractivity contribution in [2.75, 3.05) is 11.9 Å². The van der Waals surface area contributed by atoms with Crippen molar-refractivity contribution in [3.63, 3.8) is 0 Å². The average molecular weight is 480 g/mol. The molecule has 1 amide bonds. The van der Waals surface area contributed by atoms with Crippen LogP contribution >= 0.6 is 0 Å². The highest BCUT2D eigenvalue weighted by Crippen LogP contribution is 2.30. The summed E-state index contributed by atoms with van der Waals surface area (Å²) in [5, 5.41) is 19.6. The van der Waals surface area contributed by atoms with E-state index in [1.165, 1.54) is 35.1 Å². The molecule has 1 N–H and O–H groups in total. The minimum absolute atomic E-state index is 0.00773. The summed E-state index contributed by atoms with van der Waals surface area (Å²) in [6, 6.07) is 16.7. The molecule has 0 saturated heterocycles. The lowest BCUT2D eigenvalue weighted by molar-refractivity contribution is -0.142. The van der Waals surface area contributed by atoms with Crippen LogP contribution in [0.4, 0.5) is 19.0 Å². The first-order valence-corrected chi connectivity index (χ1v) is 10.00. The van der Waals surface area contributed by atoms with E-state index in [-0.39, 0.29) is 22.6 Å². The van der Waals surface area contributed by atoms with Crippen LogP contribution < -0.4 is 5.32 Å². The summed E-state index contributed by atoms with van der Waals surface area (Å²) in [4.78, 5) is 24.9. The minimum atomic E-state index is -4.64. The Balaban J connectivity index is 1.46. The molecule has 4 rings (SSSR count). The van der Waals surface area contributed by atoms with Crippen molar-refractivity contribution in [3.8, 4) is 17.4 Å². The highest BCUT2D eigenvalue weighted by Gasteiger charge is 2.35. The number of nitrogens with one attached hydrogen (secondary N) is 1. The minimum Gasteiger partial charge on any atom is -0.452 e. The van der Waals surface area contributed by atoms with Crippen LogP contribution in [0.3, 0.4) is 0 Å². The van der Waals surface area contributed by atoms with Gasteiger partial charge in [0.2, 0.25) is 0 Å². The van der Waals surface area contributed by atoms with Gasteiger partial charge in [0.1, 0.15) is 17.3 Å². The number of ether oxygens (including phenoxy) is 1. The maximum absolute atomic E-state index is 13.2. The number of nitriles is 1. The average Bonchev–Trinajstić information content (AvgIpc) is 3.51. The van der Waals surface area contributed by atoms with Crippen molar-refractivity contribution in [1.82, 2.24) is 19.6 Å². The van der Waals surface area contributed by atoms with E-state index in [1.807, 2.05) is 6.07 Å². The normalized spacial score (nSPS) is 11.0. The van der Waals surface area contributed by atoms with Gasteiger partial charge in [0, 0.05) is 0 Å². The highest BCUT2D eigenvalue weighted by molar-refractivity contribution is 5.96. The molecule has 12 heteroatoms. The molecule has 0 atom stereocenters. The maximum Gasteiger partial charge on any atom is 0.433 e. The Kier molecular flexibility index (Phi) is 6.32. The van der Waals surface area contributed by atoms with Gasteiger partial charge in [-0.3, -0.25) is 4.79 Å². The van der Waals surface area contributed by atoms with E-state index in [4.69, 9.17) is 4.74 Å². The third kappa shape index (κ3) is 5.03. The number of alkyl halides is 3. The molecule has 0 spiro atoms. The number of carbonyl (C=O) groups excluding carboxylic acids is 2. The number of halogens is 3. The number of para-hydroxylation sites is 1. The van der Waals surface area contributed by atoms with Gasteiger partial charge >= 0.3 is 12.1 Å². The fourth-order valence-corrected chi connectivity index (χ4v) is 3.19. The van der Waals surface area contributed by atoms with Gasteiger partial charge in [0.05, 0.1) is 29.3 Å². The largest absolute Gasteiger partial charge is 0.452 e. The van der Waals surface area contributed by atoms with Crippen LogP contribution in [0.2, 0.25) is 0 Å². The van der Waals surface area contributed by atoms with Gasteiger partial charge in [0.25, 0.3) is 5.91 Å². The molecule has 2 heterocycles. The molecule has 9 nitrogen and oxygen atoms in total. The molecule has 2 aromatic carbocycles. The van der Waals surface area contributed by atoms with Gasteiger partial charge in [-0.05, 0) is 36.4 Å². The van der Waals surface area contributed by atoms with Gasteiger partial charge in [0.15, 0.2) is 12.4 Å². The zero-order valence-electron chi connectivity index (χ0n) is 17.7. The molecule has 0 fully saturated rings. The van der Waals surface area contributed by atoms with E-state index in [0.717, 1.165) is 12.3 Å². The number of hydrogen-bond donors (Lipinski definition) is 1. The van der Waals surface area contributed by atoms with Crippen molar-refractivity contribution in [3.05, 3.63) is 89.9 Å². The Hall–Kier alpha value is -4.92. The molecular formula is C23H15F3N6O3. The summed E-state index contributed by atoms with van der Waals surface area (Å²) in [5.74, 6) is -1.57. The summed E-state index contributed by atoms with van der Waals surface area (Å²) in [6.07, 6.45) is -2.36. The topological polar surface area (TPSA) is 115 Å². The van der Waals surface area contributed by atoms with Crippen LogP contribution in [-0.2, 0) is 15.7 Å². The van der Waals surface area contributed by atoms with Gasteiger partial charge in [-0.1, -0.05) is 24.3 Å². The number of amides is 1. The van der Waals surface area contributed by atoms with Crippen LogP contribution in [0.15, 0.2) is 73.1 Å². The van der Waals surface area contributed by atoms with Crippen LogP contribution in [0.5, 0.6) is 0 Å². The number of anilines is 1. The number of benzene rings is 2. The predicted molar refractivity (Wildman–Crippen MR) is 116 cm³/mol. The molecule has 0 saturated carbocycles. The molecule has 2 aromatic heterocycles. The van der Waals surface area contributed by atoms with E-state index < -0.39 is 30.4 Å². The molecule has 0 aliphatic carbocycles. The van der Waals surface area contributed by atoms with Crippen molar-refractivity contribution < 1.29 is 27.5 Å². The Bertz CT molecular complexity index is 1420. The first-order valence-electron chi connectivity index (χ1n) is 10.00. The molecule has 0 aliphatic rings. The van der Waals surface area contributed by atoms with Gasteiger partial charge < -0.3 is 10.1 Å². The zero-order valence-corrected chi connectivity index (χ0v) is 17.7. The monoisotopic (exact) mass is 480 g/mol. The Labute approximate surface area is 196 Å². The maximum atomic E-state index is 13.2. The number of hydrogen-bond acceptors (Lipinski definition) is 6. The van der Waals surface area contributed by atoms with Gasteiger partial charge in [-0.2, -0.15) is 28.6 Å². The second-order valence-electron chi connectivity index (χ2n) is 7.07. The van der Waals surface area contributed by atoms with Crippen molar-refractivity contribution in [2.24, 2.45) is 0 Å². The second kappa shape index (κ2) is 9.52. The summed E-state index contributed by atoms with van der Waals surface area (Å²) in [5.41, 5.74) is -0.404. The van der Waals surface area contributed by atoms with E-state index in [2.05, 4.69) is 15.5 Å². The molecular weight excluding hydrogens is 465 g/mol. The highest BCUT2D eigenvalue weighted by atomic mass is 19.4. The standard InChI is InChI=1S/C23H15F3N6O3/c24-23(25,26)19-9-10-28-31(19)18-8-4-5-15(11-18)22(34)35-14-20(33)30-21-16(12-27)13-29-32(21)17-6-2-1-3-7-17/h1-11,13H,14H2,(H,30,33). The van der Waals surface area contributed by atoms with Crippen molar-refractivity contribution in [1.29, 1.82) is 5.26 Å². The zero-order chi connectivity index (χ0) is 25.0. The van der Waals surface area contributed by atoms with Crippen LogP contribution in [0, 0.1) is 11.3 Å². The second-order valence-corrected chi connectivity index (χ2v) is 7.07. The van der Waals surface area contributed by atoms with Crippen LogP contribution in [-0.4, -0.2) is 38.0 Å². The van der Waals surface area contributed by atoms with E-state index in [1.54, 1.807) is 30.3 Å². The quantitative estimate of drug-likeness (QED) is 0.421. The van der Waals surface area contributed by atoms with Crippen LogP contribution in [0.1, 0.15) is 21.6 Å². The number of esters is 1. The fraction of sp³-hybridized carbons (Fsp3) is 0.0870. The van der Waals surface area contributed by atoms with Crippen molar-refractivity contribution >= 4 is 17.7 Å². The fourth-order valence-electron chi connectivity index (χ4n) is 3.19. The lowest BCUT2D eigenvalue weighted by atomic mass is 10.2. The molecule has 4 aromatic rings. The Morgan fingerprint density at radius 2 is 1.74 bits per heavy atom. The number of carbonyl (C=O) groups is 2. The lowest BCUT2D eigenvalue weighted by Crippen LogP contribution is -2.23. The molecule has 176 valence electrons. The first-order chi connectivity index (χ1) is 16.8. The van der Waals surface area contributed by atoms with Gasteiger partial charge in [-0.15, -0.1) is 0 Å². The third-order valence-electron chi connectivity index (χ3n) is 4.74. The Morgan fingerprint density at radius 3 is 2.46 bits per heavy atom. The van der Waals surface area contributed by atoms with E-state index in [0.29, 0.717) is 10.4 Å². The Morgan fingerprint density at radius 1 is 1.00 bits per heavy atom. The van der Waals surface area contributed by atoms with Gasteiger partial charge in [-0.25, -0.2) is 14.2 Å². The molecule has 35 heavy (non-hydrogen) atoms. The smallest absolute Gasteiger partial charge is 0.433 e. The van der Waals surface area contributed by atoms with Crippen LogP contribution in [0.25, 0.3) is 11.4 Å². The number of nitrogens with zero attached hydrogens (tertiary/aromatic N) is 5. The number of rotatable bonds is 6. The number of aromatic nitrogens is 4. The molecule has 0 aliphatic heterocycles. The third-order valence-corrected chi connectivity index (χ3v) is 4.74. The first kappa shape index (κ1) is 23.2. The summed E-state index contributed by atoms with van der Waals surface area (Å²) in [6.45, 7) is -0.705. The SMILES string of the molecule is N#Cc1cnn(-c2ccccc2)c1NC(=O)COC(=O)c1cccc(-n2nccc2C(F)(F)F)c1. The van der Waals surface area contributed by atoms with E-state index in [9.17, 15) is 28.0 Å². The lowest BCUT2D eigenvalue weighted by Gasteiger charge is -2.12. The molecule has 0 radical (unpaired) electrons. The molecule has 0 bridgehead atoms. The summed E-state index contributed by atoms with van der Waals surface area (Å²) >= 11 is 0. The summed E-state index contributed by atoms with van der Waals surface area (Å²) in [7, 11) is 0. The van der Waals surface area contributed by atoms with E-state index >= 15 is 0 Å². The summed E-state index contributed by atoms with van der Waals surface area (Å²) < 4.78 is 46.5. The predicted octanol–water partition coefficient (Wildman–Crippen LogP) is 3.74. The molecule has 0 unspecified atom stereocenters. The van der Waals surface area contributed by atoms with Crippen molar-refractivity contribution in [2.45, 2.75) is 6.18 Å².